The van der Waals surface area contributed by atoms with E-state index in [4.69, 9.17) is 15.2 Å². The van der Waals surface area contributed by atoms with E-state index in [0.29, 0.717) is 12.5 Å². The standard InChI is InChI=1S/C12H16BrNO2/c13-12-2-1-11(5-10(12)6-14)16-8-9-3-4-15-7-9/h1-2,5,9H,3-4,6-8,14H2. The van der Waals surface area contributed by atoms with E-state index >= 15 is 0 Å². The van der Waals surface area contributed by atoms with Crippen molar-refractivity contribution >= 4 is 15.9 Å². The van der Waals surface area contributed by atoms with Crippen LogP contribution in [0.3, 0.4) is 0 Å². The first kappa shape index (κ1) is 11.9. The predicted molar refractivity (Wildman–Crippen MR) is 66.5 cm³/mol. The summed E-state index contributed by atoms with van der Waals surface area (Å²) in [7, 11) is 0. The van der Waals surface area contributed by atoms with Crippen LogP contribution in [0.1, 0.15) is 12.0 Å². The molecule has 1 aromatic carbocycles. The summed E-state index contributed by atoms with van der Waals surface area (Å²) in [6.45, 7) is 2.93. The van der Waals surface area contributed by atoms with Gasteiger partial charge >= 0.3 is 0 Å². The normalized spacial score (nSPS) is 20.0. The molecule has 0 spiro atoms. The van der Waals surface area contributed by atoms with Crippen LogP contribution in [-0.4, -0.2) is 19.8 Å². The number of rotatable bonds is 4. The molecule has 2 rings (SSSR count). The minimum atomic E-state index is 0.518. The van der Waals surface area contributed by atoms with Crippen molar-refractivity contribution < 1.29 is 9.47 Å². The second kappa shape index (κ2) is 5.66. The average Bonchev–Trinajstić information content (AvgIpc) is 2.81. The van der Waals surface area contributed by atoms with Gasteiger partial charge in [-0.25, -0.2) is 0 Å². The number of halogens is 1. The molecule has 1 aliphatic rings. The first-order valence-corrected chi connectivity index (χ1v) is 6.28. The predicted octanol–water partition coefficient (Wildman–Crippen LogP) is 2.32. The highest BCUT2D eigenvalue weighted by molar-refractivity contribution is 9.10. The van der Waals surface area contributed by atoms with Gasteiger partial charge in [-0.1, -0.05) is 15.9 Å². The van der Waals surface area contributed by atoms with Gasteiger partial charge < -0.3 is 15.2 Å². The van der Waals surface area contributed by atoms with Gasteiger partial charge in [-0.15, -0.1) is 0 Å². The topological polar surface area (TPSA) is 44.5 Å². The van der Waals surface area contributed by atoms with Crippen LogP contribution in [0.2, 0.25) is 0 Å². The number of nitrogens with two attached hydrogens (primary N) is 1. The smallest absolute Gasteiger partial charge is 0.119 e. The van der Waals surface area contributed by atoms with Gasteiger partial charge in [-0.3, -0.25) is 0 Å². The minimum Gasteiger partial charge on any atom is -0.493 e. The quantitative estimate of drug-likeness (QED) is 0.924. The maximum Gasteiger partial charge on any atom is 0.119 e. The minimum absolute atomic E-state index is 0.518. The van der Waals surface area contributed by atoms with Gasteiger partial charge in [-0.2, -0.15) is 0 Å². The highest BCUT2D eigenvalue weighted by atomic mass is 79.9. The molecule has 1 fully saturated rings. The molecule has 0 radical (unpaired) electrons. The Morgan fingerprint density at radius 2 is 2.38 bits per heavy atom. The van der Waals surface area contributed by atoms with Crippen LogP contribution in [0.4, 0.5) is 0 Å². The number of ether oxygens (including phenoxy) is 2. The molecule has 1 unspecified atom stereocenters. The molecule has 88 valence electrons. The van der Waals surface area contributed by atoms with Crippen molar-refractivity contribution in [2.24, 2.45) is 11.7 Å². The molecule has 16 heavy (non-hydrogen) atoms. The van der Waals surface area contributed by atoms with E-state index in [9.17, 15) is 0 Å². The molecular weight excluding hydrogens is 270 g/mol. The van der Waals surface area contributed by atoms with E-state index in [1.165, 1.54) is 0 Å². The Labute approximate surface area is 104 Å². The van der Waals surface area contributed by atoms with E-state index < -0.39 is 0 Å². The lowest BCUT2D eigenvalue weighted by Gasteiger charge is -2.11. The third-order valence-electron chi connectivity index (χ3n) is 2.75. The molecule has 1 saturated heterocycles. The summed E-state index contributed by atoms with van der Waals surface area (Å²) in [5.74, 6) is 1.42. The third kappa shape index (κ3) is 2.97. The van der Waals surface area contributed by atoms with Crippen molar-refractivity contribution in [3.63, 3.8) is 0 Å². The Morgan fingerprint density at radius 3 is 3.06 bits per heavy atom. The van der Waals surface area contributed by atoms with Gasteiger partial charge in [0.2, 0.25) is 0 Å². The second-order valence-corrected chi connectivity index (χ2v) is 4.85. The van der Waals surface area contributed by atoms with Crippen molar-refractivity contribution in [2.75, 3.05) is 19.8 Å². The van der Waals surface area contributed by atoms with Gasteiger partial charge in [0, 0.05) is 23.5 Å². The number of benzene rings is 1. The van der Waals surface area contributed by atoms with Crippen LogP contribution < -0.4 is 10.5 Å². The Bertz CT molecular complexity index is 351. The summed E-state index contributed by atoms with van der Waals surface area (Å²) in [5, 5.41) is 0. The lowest BCUT2D eigenvalue weighted by atomic mass is 10.1. The molecule has 2 N–H and O–H groups in total. The molecule has 1 aliphatic heterocycles. The lowest BCUT2D eigenvalue weighted by molar-refractivity contribution is 0.167. The second-order valence-electron chi connectivity index (χ2n) is 4.00. The van der Waals surface area contributed by atoms with E-state index in [1.54, 1.807) is 0 Å². The van der Waals surface area contributed by atoms with Crippen LogP contribution in [0.25, 0.3) is 0 Å². The van der Waals surface area contributed by atoms with Crippen LogP contribution >= 0.6 is 15.9 Å². The highest BCUT2D eigenvalue weighted by Gasteiger charge is 2.16. The number of hydrogen-bond donors (Lipinski definition) is 1. The van der Waals surface area contributed by atoms with Gasteiger partial charge in [0.1, 0.15) is 5.75 Å². The summed E-state index contributed by atoms with van der Waals surface area (Å²) in [6.07, 6.45) is 1.10. The molecule has 0 aliphatic carbocycles. The van der Waals surface area contributed by atoms with Crippen LogP contribution in [0.15, 0.2) is 22.7 Å². The van der Waals surface area contributed by atoms with Crippen molar-refractivity contribution in [3.8, 4) is 5.75 Å². The van der Waals surface area contributed by atoms with E-state index in [0.717, 1.165) is 42.0 Å². The zero-order valence-electron chi connectivity index (χ0n) is 9.12. The van der Waals surface area contributed by atoms with Crippen LogP contribution in [-0.2, 0) is 11.3 Å². The van der Waals surface area contributed by atoms with Crippen LogP contribution in [0.5, 0.6) is 5.75 Å². The summed E-state index contributed by atoms with van der Waals surface area (Å²) in [4.78, 5) is 0. The molecule has 0 saturated carbocycles. The molecule has 0 aromatic heterocycles. The van der Waals surface area contributed by atoms with Gasteiger partial charge in [0.15, 0.2) is 0 Å². The summed E-state index contributed by atoms with van der Waals surface area (Å²) in [5.41, 5.74) is 6.70. The zero-order chi connectivity index (χ0) is 11.4. The Morgan fingerprint density at radius 1 is 1.50 bits per heavy atom. The van der Waals surface area contributed by atoms with E-state index in [1.807, 2.05) is 18.2 Å². The van der Waals surface area contributed by atoms with E-state index in [-0.39, 0.29) is 0 Å². The average molecular weight is 286 g/mol. The largest absolute Gasteiger partial charge is 0.493 e. The maximum absolute atomic E-state index is 5.73. The molecule has 1 aromatic rings. The monoisotopic (exact) mass is 285 g/mol. The Kier molecular flexibility index (Phi) is 4.21. The van der Waals surface area contributed by atoms with Crippen molar-refractivity contribution in [1.82, 2.24) is 0 Å². The fraction of sp³-hybridized carbons (Fsp3) is 0.500. The summed E-state index contributed by atoms with van der Waals surface area (Å²) < 4.78 is 12.1. The molecule has 0 amide bonds. The van der Waals surface area contributed by atoms with Crippen molar-refractivity contribution in [2.45, 2.75) is 13.0 Å². The van der Waals surface area contributed by atoms with Gasteiger partial charge in [-0.05, 0) is 30.2 Å². The highest BCUT2D eigenvalue weighted by Crippen LogP contribution is 2.23. The van der Waals surface area contributed by atoms with E-state index in [2.05, 4.69) is 15.9 Å². The SMILES string of the molecule is NCc1cc(OCC2CCOC2)ccc1Br. The van der Waals surface area contributed by atoms with Crippen LogP contribution in [0, 0.1) is 5.92 Å². The van der Waals surface area contributed by atoms with Crippen molar-refractivity contribution in [1.29, 1.82) is 0 Å². The summed E-state index contributed by atoms with van der Waals surface area (Å²) >= 11 is 3.45. The summed E-state index contributed by atoms with van der Waals surface area (Å²) in [6, 6.07) is 5.92. The fourth-order valence-corrected chi connectivity index (χ4v) is 2.13. The molecule has 1 atom stereocenters. The van der Waals surface area contributed by atoms with Gasteiger partial charge in [0.25, 0.3) is 0 Å². The maximum atomic E-state index is 5.73. The molecular formula is C12H16BrNO2. The lowest BCUT2D eigenvalue weighted by Crippen LogP contribution is -2.11. The van der Waals surface area contributed by atoms with Gasteiger partial charge in [0.05, 0.1) is 13.2 Å². The molecule has 0 bridgehead atoms. The first-order valence-electron chi connectivity index (χ1n) is 5.48. The number of hydrogen-bond acceptors (Lipinski definition) is 3. The third-order valence-corrected chi connectivity index (χ3v) is 3.52. The first-order chi connectivity index (χ1) is 7.79. The molecule has 4 heteroatoms. The molecule has 1 heterocycles. The zero-order valence-corrected chi connectivity index (χ0v) is 10.7. The fourth-order valence-electron chi connectivity index (χ4n) is 1.73. The van der Waals surface area contributed by atoms with Crippen molar-refractivity contribution in [3.05, 3.63) is 28.2 Å². The Balaban J connectivity index is 1.93. The Hall–Kier alpha value is -0.580. The molecule has 3 nitrogen and oxygen atoms in total.